The molecule has 3 heterocycles. The first-order chi connectivity index (χ1) is 12.2. The lowest BCUT2D eigenvalue weighted by atomic mass is 9.78. The summed E-state index contributed by atoms with van der Waals surface area (Å²) in [5.41, 5.74) is 2.29. The minimum Gasteiger partial charge on any atom is -0.339 e. The SMILES string of the molecule is Cl.O=C1CCCN1Cc1ccc(C(=O)N2CCC3(CCNC3)CC2)cc1. The molecule has 3 aliphatic heterocycles. The Labute approximate surface area is 161 Å². The highest BCUT2D eigenvalue weighted by Gasteiger charge is 2.38. The topological polar surface area (TPSA) is 52.7 Å². The molecule has 6 heteroatoms. The number of nitrogens with one attached hydrogen (secondary N) is 1. The fourth-order valence-corrected chi connectivity index (χ4v) is 4.43. The van der Waals surface area contributed by atoms with Gasteiger partial charge in [0.15, 0.2) is 0 Å². The Bertz CT molecular complexity index is 646. The smallest absolute Gasteiger partial charge is 0.253 e. The molecule has 0 saturated carbocycles. The Kier molecular flexibility index (Phi) is 5.88. The molecule has 26 heavy (non-hydrogen) atoms. The molecule has 4 rings (SSSR count). The third kappa shape index (κ3) is 3.89. The molecule has 0 bridgehead atoms. The molecular weight excluding hydrogens is 350 g/mol. The van der Waals surface area contributed by atoms with Gasteiger partial charge in [0.25, 0.3) is 5.91 Å². The first-order valence-electron chi connectivity index (χ1n) is 9.52. The van der Waals surface area contributed by atoms with Crippen molar-refractivity contribution in [3.63, 3.8) is 0 Å². The van der Waals surface area contributed by atoms with Crippen molar-refractivity contribution in [1.82, 2.24) is 15.1 Å². The number of carbonyl (C=O) groups is 2. The van der Waals surface area contributed by atoms with Crippen molar-refractivity contribution in [3.05, 3.63) is 35.4 Å². The predicted molar refractivity (Wildman–Crippen MR) is 103 cm³/mol. The Morgan fingerprint density at radius 1 is 1.08 bits per heavy atom. The van der Waals surface area contributed by atoms with Crippen LogP contribution in [0.15, 0.2) is 24.3 Å². The van der Waals surface area contributed by atoms with Gasteiger partial charge in [0.05, 0.1) is 0 Å². The van der Waals surface area contributed by atoms with Crippen LogP contribution in [0.4, 0.5) is 0 Å². The molecule has 1 spiro atoms. The zero-order valence-electron chi connectivity index (χ0n) is 15.2. The average molecular weight is 378 g/mol. The minimum atomic E-state index is 0. The second-order valence-electron chi connectivity index (χ2n) is 7.83. The number of piperidine rings is 1. The lowest BCUT2D eigenvalue weighted by molar-refractivity contribution is -0.128. The van der Waals surface area contributed by atoms with Crippen LogP contribution < -0.4 is 5.32 Å². The monoisotopic (exact) mass is 377 g/mol. The summed E-state index contributed by atoms with van der Waals surface area (Å²) in [6.45, 7) is 5.47. The van der Waals surface area contributed by atoms with Crippen molar-refractivity contribution >= 4 is 24.2 Å². The van der Waals surface area contributed by atoms with E-state index in [0.29, 0.717) is 18.4 Å². The predicted octanol–water partition coefficient (Wildman–Crippen LogP) is 2.45. The quantitative estimate of drug-likeness (QED) is 0.880. The Hall–Kier alpha value is -1.59. The number of nitrogens with zero attached hydrogens (tertiary/aromatic N) is 2. The van der Waals surface area contributed by atoms with E-state index in [1.165, 1.54) is 6.42 Å². The van der Waals surface area contributed by atoms with Gasteiger partial charge in [-0.05, 0) is 55.3 Å². The van der Waals surface area contributed by atoms with Crippen LogP contribution in [-0.4, -0.2) is 54.3 Å². The normalized spacial score (nSPS) is 21.9. The van der Waals surface area contributed by atoms with Crippen LogP contribution in [0.5, 0.6) is 0 Å². The first kappa shape index (κ1) is 19.2. The van der Waals surface area contributed by atoms with E-state index in [0.717, 1.165) is 63.1 Å². The number of amides is 2. The van der Waals surface area contributed by atoms with E-state index < -0.39 is 0 Å². The Balaban J connectivity index is 0.00000196. The third-order valence-corrected chi connectivity index (χ3v) is 6.19. The van der Waals surface area contributed by atoms with Gasteiger partial charge in [-0.3, -0.25) is 9.59 Å². The summed E-state index contributed by atoms with van der Waals surface area (Å²) in [7, 11) is 0. The maximum Gasteiger partial charge on any atom is 0.253 e. The zero-order valence-corrected chi connectivity index (χ0v) is 16.0. The lowest BCUT2D eigenvalue weighted by Crippen LogP contribution is -2.44. The molecule has 0 unspecified atom stereocenters. The van der Waals surface area contributed by atoms with Crippen molar-refractivity contribution < 1.29 is 9.59 Å². The third-order valence-electron chi connectivity index (χ3n) is 6.19. The van der Waals surface area contributed by atoms with Crippen LogP contribution in [0.3, 0.4) is 0 Å². The van der Waals surface area contributed by atoms with E-state index in [-0.39, 0.29) is 24.2 Å². The molecule has 3 fully saturated rings. The second kappa shape index (κ2) is 7.97. The number of hydrogen-bond donors (Lipinski definition) is 1. The number of carbonyl (C=O) groups excluding carboxylic acids is 2. The van der Waals surface area contributed by atoms with E-state index in [9.17, 15) is 9.59 Å². The van der Waals surface area contributed by atoms with Gasteiger partial charge in [0.1, 0.15) is 0 Å². The van der Waals surface area contributed by atoms with E-state index in [1.807, 2.05) is 34.1 Å². The van der Waals surface area contributed by atoms with Gasteiger partial charge in [0.2, 0.25) is 5.91 Å². The van der Waals surface area contributed by atoms with E-state index in [1.54, 1.807) is 0 Å². The largest absolute Gasteiger partial charge is 0.339 e. The highest BCUT2D eigenvalue weighted by molar-refractivity contribution is 5.94. The summed E-state index contributed by atoms with van der Waals surface area (Å²) in [6.07, 6.45) is 5.10. The van der Waals surface area contributed by atoms with Crippen molar-refractivity contribution in [2.45, 2.75) is 38.6 Å². The van der Waals surface area contributed by atoms with E-state index in [2.05, 4.69) is 5.32 Å². The van der Waals surface area contributed by atoms with E-state index >= 15 is 0 Å². The highest BCUT2D eigenvalue weighted by atomic mass is 35.5. The summed E-state index contributed by atoms with van der Waals surface area (Å²) in [5.74, 6) is 0.383. The maximum atomic E-state index is 12.8. The summed E-state index contributed by atoms with van der Waals surface area (Å²) >= 11 is 0. The Morgan fingerprint density at radius 3 is 2.38 bits per heavy atom. The number of likely N-dealkylation sites (tertiary alicyclic amines) is 2. The molecule has 1 aromatic rings. The molecule has 5 nitrogen and oxygen atoms in total. The van der Waals surface area contributed by atoms with Crippen molar-refractivity contribution in [3.8, 4) is 0 Å². The minimum absolute atomic E-state index is 0. The average Bonchev–Trinajstić information content (AvgIpc) is 3.26. The van der Waals surface area contributed by atoms with Crippen LogP contribution in [-0.2, 0) is 11.3 Å². The lowest BCUT2D eigenvalue weighted by Gasteiger charge is -2.38. The second-order valence-corrected chi connectivity index (χ2v) is 7.83. The van der Waals surface area contributed by atoms with Gasteiger partial charge in [-0.25, -0.2) is 0 Å². The molecule has 0 aliphatic carbocycles. The molecule has 0 atom stereocenters. The van der Waals surface area contributed by atoms with Crippen molar-refractivity contribution in [2.75, 3.05) is 32.7 Å². The first-order valence-corrected chi connectivity index (χ1v) is 9.52. The molecule has 2 amide bonds. The van der Waals surface area contributed by atoms with Crippen LogP contribution in [0.2, 0.25) is 0 Å². The van der Waals surface area contributed by atoms with Gasteiger partial charge >= 0.3 is 0 Å². The number of benzene rings is 1. The summed E-state index contributed by atoms with van der Waals surface area (Å²) in [4.78, 5) is 28.4. The van der Waals surface area contributed by atoms with Gasteiger partial charge in [0, 0.05) is 44.7 Å². The van der Waals surface area contributed by atoms with E-state index in [4.69, 9.17) is 0 Å². The highest BCUT2D eigenvalue weighted by Crippen LogP contribution is 2.37. The number of rotatable bonds is 3. The van der Waals surface area contributed by atoms with Gasteiger partial charge in [-0.1, -0.05) is 12.1 Å². The summed E-state index contributed by atoms with van der Waals surface area (Å²) in [5, 5.41) is 3.47. The molecule has 1 N–H and O–H groups in total. The van der Waals surface area contributed by atoms with Gasteiger partial charge in [-0.2, -0.15) is 0 Å². The Morgan fingerprint density at radius 2 is 1.81 bits per heavy atom. The molecule has 1 aromatic carbocycles. The number of halogens is 1. The van der Waals surface area contributed by atoms with Crippen molar-refractivity contribution in [2.24, 2.45) is 5.41 Å². The standard InChI is InChI=1S/C20H27N3O2.ClH/c24-18-2-1-11-23(18)14-16-3-5-17(6-4-16)19(25)22-12-8-20(9-13-22)7-10-21-15-20;/h3-6,21H,1-2,7-15H2;1H. The zero-order chi connectivity index (χ0) is 17.3. The maximum absolute atomic E-state index is 12.8. The molecular formula is C20H28ClN3O2. The molecule has 3 aliphatic rings. The van der Waals surface area contributed by atoms with Crippen LogP contribution in [0, 0.1) is 5.41 Å². The molecule has 3 saturated heterocycles. The van der Waals surface area contributed by atoms with Crippen LogP contribution >= 0.6 is 12.4 Å². The van der Waals surface area contributed by atoms with Crippen LogP contribution in [0.25, 0.3) is 0 Å². The van der Waals surface area contributed by atoms with Gasteiger partial charge in [-0.15, -0.1) is 12.4 Å². The summed E-state index contributed by atoms with van der Waals surface area (Å²) < 4.78 is 0. The van der Waals surface area contributed by atoms with Crippen LogP contribution in [0.1, 0.15) is 48.0 Å². The summed E-state index contributed by atoms with van der Waals surface area (Å²) in [6, 6.07) is 7.82. The van der Waals surface area contributed by atoms with Gasteiger partial charge < -0.3 is 15.1 Å². The molecule has 0 radical (unpaired) electrons. The molecule has 142 valence electrons. The molecule has 0 aromatic heterocycles. The fourth-order valence-electron chi connectivity index (χ4n) is 4.43. The number of hydrogen-bond acceptors (Lipinski definition) is 3. The van der Waals surface area contributed by atoms with Crippen molar-refractivity contribution in [1.29, 1.82) is 0 Å². The fraction of sp³-hybridized carbons (Fsp3) is 0.600.